The van der Waals surface area contributed by atoms with Gasteiger partial charge in [-0.2, -0.15) is 0 Å². The van der Waals surface area contributed by atoms with Crippen LogP contribution in [0.4, 0.5) is 0 Å². The van der Waals surface area contributed by atoms with E-state index in [9.17, 15) is 0 Å². The van der Waals surface area contributed by atoms with Gasteiger partial charge in [0.25, 0.3) is 0 Å². The van der Waals surface area contributed by atoms with Crippen LogP contribution in [0.1, 0.15) is 61.2 Å². The van der Waals surface area contributed by atoms with Gasteiger partial charge in [-0.05, 0) is 243 Å². The van der Waals surface area contributed by atoms with E-state index in [2.05, 4.69) is 386 Å². The van der Waals surface area contributed by atoms with E-state index in [0.717, 1.165) is 83.6 Å². The Morgan fingerprint density at radius 1 is 0.256 bits per heavy atom. The summed E-state index contributed by atoms with van der Waals surface area (Å²) in [6.45, 7) is 2.26. The van der Waals surface area contributed by atoms with Gasteiger partial charge in [0.1, 0.15) is 11.2 Å². The first kappa shape index (κ1) is 66.4. The highest BCUT2D eigenvalue weighted by Crippen LogP contribution is 2.67. The zero-order valence-electron chi connectivity index (χ0n) is 63.6. The number of fused-ring (bicyclic) bond motifs is 29. The Morgan fingerprint density at radius 3 is 1.34 bits per heavy atom. The van der Waals surface area contributed by atoms with Gasteiger partial charge in [-0.3, -0.25) is 0 Å². The molecular formula is C112H68Cl2N2O. The molecule has 0 radical (unpaired) electrons. The number of halogens is 2. The number of benzene rings is 18. The summed E-state index contributed by atoms with van der Waals surface area (Å²) in [6, 6.07) is 142. The minimum absolute atomic E-state index is 0.530. The molecule has 3 nitrogen and oxygen atoms in total. The second-order valence-electron chi connectivity index (χ2n) is 32.2. The smallest absolute Gasteiger partial charge is 0.143 e. The summed E-state index contributed by atoms with van der Waals surface area (Å²) in [5.41, 5.74) is 43.0. The van der Waals surface area contributed by atoms with Crippen LogP contribution in [-0.4, -0.2) is 9.13 Å². The van der Waals surface area contributed by atoms with Crippen molar-refractivity contribution in [2.24, 2.45) is 0 Å². The summed E-state index contributed by atoms with van der Waals surface area (Å²) < 4.78 is 11.5. The molecule has 0 fully saturated rings. The van der Waals surface area contributed by atoms with Crippen molar-refractivity contribution in [3.63, 3.8) is 0 Å². The van der Waals surface area contributed by atoms with Crippen LogP contribution >= 0.6 is 23.2 Å². The van der Waals surface area contributed by atoms with Gasteiger partial charge in [0.2, 0.25) is 0 Å². The van der Waals surface area contributed by atoms with Crippen molar-refractivity contribution >= 4 is 88.8 Å². The predicted molar refractivity (Wildman–Crippen MR) is 486 cm³/mol. The molecule has 0 bridgehead atoms. The van der Waals surface area contributed by atoms with E-state index in [1.807, 2.05) is 12.1 Å². The van der Waals surface area contributed by atoms with E-state index >= 15 is 0 Å². The lowest BCUT2D eigenvalue weighted by Crippen LogP contribution is -2.26. The third kappa shape index (κ3) is 9.24. The largest absolute Gasteiger partial charge is 0.455 e. The maximum absolute atomic E-state index is 7.33. The molecule has 4 aliphatic carbocycles. The van der Waals surface area contributed by atoms with Crippen LogP contribution in [0.25, 0.3) is 177 Å². The minimum atomic E-state index is -0.678. The molecule has 1 unspecified atom stereocenters. The van der Waals surface area contributed by atoms with Crippen molar-refractivity contribution in [1.82, 2.24) is 9.13 Å². The summed E-state index contributed by atoms with van der Waals surface area (Å²) in [5.74, 6) is 0. The SMILES string of the molecule is Cc1ccc(-c2ccc3c(c2)c2ccccc2n3-c2cccc3c2-c2ccc(Cl)cc2C32c3ccccc3-c3ccccc32)cc1-c1ccccc1Cc1cccc(-c2cccc3c2-c2ccccc2C32c3cc(Cl)ccc3-c3c(-n4c5ccccc5c5cc(-c6ccc(-c7cccc8c7oc7ccccc78)cc6)ccc54)cccc32)c1. The zero-order valence-corrected chi connectivity index (χ0v) is 65.2. The maximum Gasteiger partial charge on any atom is 0.143 e. The van der Waals surface area contributed by atoms with Gasteiger partial charge in [-0.1, -0.05) is 320 Å². The number of aromatic nitrogens is 2. The van der Waals surface area contributed by atoms with Crippen molar-refractivity contribution in [1.29, 1.82) is 0 Å². The van der Waals surface area contributed by atoms with Crippen molar-refractivity contribution < 1.29 is 4.42 Å². The van der Waals surface area contributed by atoms with Gasteiger partial charge >= 0.3 is 0 Å². The third-order valence-corrected chi connectivity index (χ3v) is 27.0. The second kappa shape index (κ2) is 25.0. The third-order valence-electron chi connectivity index (χ3n) is 26.5. The summed E-state index contributed by atoms with van der Waals surface area (Å²) >= 11 is 14.4. The van der Waals surface area contributed by atoms with Gasteiger partial charge in [0.05, 0.1) is 44.3 Å². The van der Waals surface area contributed by atoms with Crippen molar-refractivity contribution in [3.8, 4) is 112 Å². The van der Waals surface area contributed by atoms with Crippen LogP contribution in [0, 0.1) is 6.92 Å². The molecule has 25 rings (SSSR count). The van der Waals surface area contributed by atoms with Crippen LogP contribution < -0.4 is 0 Å². The van der Waals surface area contributed by atoms with Crippen molar-refractivity contribution in [3.05, 3.63) is 453 Å². The van der Waals surface area contributed by atoms with E-state index in [1.54, 1.807) is 0 Å². The van der Waals surface area contributed by atoms with E-state index in [-0.39, 0.29) is 0 Å². The first-order chi connectivity index (χ1) is 57.8. The Bertz CT molecular complexity index is 7870. The number of aryl methyl sites for hydroxylation is 1. The molecule has 1 atom stereocenters. The Morgan fingerprint density at radius 2 is 0.692 bits per heavy atom. The number of nitrogens with zero attached hydrogens (tertiary/aromatic N) is 2. The monoisotopic (exact) mass is 1530 g/mol. The molecule has 117 heavy (non-hydrogen) atoms. The Hall–Kier alpha value is -14.1. The first-order valence-electron chi connectivity index (χ1n) is 40.4. The van der Waals surface area contributed by atoms with Crippen LogP contribution in [0.5, 0.6) is 0 Å². The Balaban J connectivity index is 0.563. The fraction of sp³-hybridized carbons (Fsp3) is 0.0357. The highest BCUT2D eigenvalue weighted by atomic mass is 35.5. The molecule has 3 aromatic heterocycles. The molecule has 0 amide bonds. The normalized spacial score (nSPS) is 14.2. The molecule has 18 aromatic carbocycles. The molecular weight excluding hydrogens is 1460 g/mol. The molecule has 3 heterocycles. The van der Waals surface area contributed by atoms with Crippen LogP contribution in [0.15, 0.2) is 387 Å². The molecule has 546 valence electrons. The van der Waals surface area contributed by atoms with Crippen LogP contribution in [-0.2, 0) is 17.3 Å². The number of hydrogen-bond donors (Lipinski definition) is 0. The lowest BCUT2D eigenvalue weighted by molar-refractivity contribution is 0.670. The summed E-state index contributed by atoms with van der Waals surface area (Å²) in [6.07, 6.45) is 0.747. The Labute approximate surface area is 686 Å². The molecule has 0 saturated heterocycles. The molecule has 0 aliphatic heterocycles. The maximum atomic E-state index is 7.33. The number of rotatable bonds is 9. The molecule has 21 aromatic rings. The van der Waals surface area contributed by atoms with Crippen LogP contribution in [0.2, 0.25) is 10.0 Å². The van der Waals surface area contributed by atoms with Crippen LogP contribution in [0.3, 0.4) is 0 Å². The molecule has 0 N–H and O–H groups in total. The molecule has 0 saturated carbocycles. The minimum Gasteiger partial charge on any atom is -0.455 e. The number of hydrogen-bond acceptors (Lipinski definition) is 1. The Kier molecular flexibility index (Phi) is 14.2. The van der Waals surface area contributed by atoms with Gasteiger partial charge < -0.3 is 13.6 Å². The van der Waals surface area contributed by atoms with Crippen molar-refractivity contribution in [2.75, 3.05) is 0 Å². The average molecular weight is 1530 g/mol. The van der Waals surface area contributed by atoms with Gasteiger partial charge in [0, 0.05) is 59.1 Å². The van der Waals surface area contributed by atoms with Gasteiger partial charge in [-0.15, -0.1) is 0 Å². The highest BCUT2D eigenvalue weighted by Gasteiger charge is 2.55. The number of para-hydroxylation sites is 4. The molecule has 2 spiro atoms. The number of furan rings is 1. The van der Waals surface area contributed by atoms with Gasteiger partial charge in [0.15, 0.2) is 0 Å². The lowest BCUT2D eigenvalue weighted by Gasteiger charge is -2.31. The lowest BCUT2D eigenvalue weighted by atomic mass is 9.70. The summed E-state index contributed by atoms with van der Waals surface area (Å²) in [5, 5.41) is 8.54. The van der Waals surface area contributed by atoms with E-state index in [0.29, 0.717) is 5.02 Å². The topological polar surface area (TPSA) is 23.0 Å². The van der Waals surface area contributed by atoms with Gasteiger partial charge in [-0.25, -0.2) is 0 Å². The fourth-order valence-corrected chi connectivity index (χ4v) is 22.1. The molecule has 4 aliphatic rings. The summed E-state index contributed by atoms with van der Waals surface area (Å²) in [4.78, 5) is 0. The van der Waals surface area contributed by atoms with E-state index in [1.165, 1.54) is 166 Å². The van der Waals surface area contributed by atoms with Crippen molar-refractivity contribution in [2.45, 2.75) is 24.2 Å². The highest BCUT2D eigenvalue weighted by molar-refractivity contribution is 6.31. The standard InChI is InChI=1S/C112H68Cl2N2O/c1-66-45-46-71(72-52-58-103-91(63-72)83-28-8-14-41-101(83)116(103)104-42-19-38-96-108(104)87-55-53-75(113)64-98(87)111(96)92-34-10-4-25-80(92)81-26-5-11-35-93(81)111)61-89(66)77-24-3-2-22-73(77)59-67-21-16-23-74(60-67)78-31-18-37-95-107(78)86-30-6-12-36-94(86)112(95)97-39-20-43-105(109(97)88-56-54-76(114)65-99(88)112)115-100-40-13-7-27-82(100)90-62-70(51-57-102(90)115)68-47-49-69(50-48-68)79-32-17-33-85-84-29-9-15-44-106(84)117-110(79)85/h2-58,60-65H,59H2,1H3. The first-order valence-corrected chi connectivity index (χ1v) is 41.2. The van der Waals surface area contributed by atoms with E-state index in [4.69, 9.17) is 27.6 Å². The predicted octanol–water partition coefficient (Wildman–Crippen LogP) is 30.0. The fourth-order valence-electron chi connectivity index (χ4n) is 21.7. The molecule has 5 heteroatoms. The van der Waals surface area contributed by atoms with E-state index < -0.39 is 10.8 Å². The second-order valence-corrected chi connectivity index (χ2v) is 33.1. The quantitative estimate of drug-likeness (QED) is 0.141. The zero-order chi connectivity index (χ0) is 77.1. The average Bonchev–Trinajstić information content (AvgIpc) is 1.50. The summed E-state index contributed by atoms with van der Waals surface area (Å²) in [7, 11) is 0.